The Morgan fingerprint density at radius 2 is 1.58 bits per heavy atom. The van der Waals surface area contributed by atoms with E-state index in [2.05, 4.69) is 34.3 Å². The molecule has 1 aliphatic heterocycles. The lowest BCUT2D eigenvalue weighted by molar-refractivity contribution is 0.0722. The number of anilines is 1. The molecule has 2 aromatic carbocycles. The van der Waals surface area contributed by atoms with Crippen LogP contribution < -0.4 is 11.1 Å². The average Bonchev–Trinajstić information content (AvgIpc) is 2.83. The van der Waals surface area contributed by atoms with Crippen molar-refractivity contribution in [2.75, 3.05) is 31.9 Å². The van der Waals surface area contributed by atoms with Crippen molar-refractivity contribution >= 4 is 11.8 Å². The molecule has 0 saturated carbocycles. The summed E-state index contributed by atoms with van der Waals surface area (Å²) in [6.45, 7) is 5.54. The highest BCUT2D eigenvalue weighted by Crippen LogP contribution is 2.35. The minimum Gasteiger partial charge on any atom is -0.384 e. The van der Waals surface area contributed by atoms with Crippen molar-refractivity contribution in [2.45, 2.75) is 19.0 Å². The molecule has 0 aliphatic carbocycles. The van der Waals surface area contributed by atoms with Crippen LogP contribution in [0.5, 0.6) is 0 Å². The van der Waals surface area contributed by atoms with Gasteiger partial charge in [0.05, 0.1) is 11.2 Å². The van der Waals surface area contributed by atoms with Gasteiger partial charge in [0, 0.05) is 32.7 Å². The summed E-state index contributed by atoms with van der Waals surface area (Å²) >= 11 is 0. The van der Waals surface area contributed by atoms with Crippen LogP contribution in [0.25, 0.3) is 0 Å². The molecule has 1 fully saturated rings. The van der Waals surface area contributed by atoms with Gasteiger partial charge >= 0.3 is 6.03 Å². The standard InChI is InChI=1S/C25H29N5O/c1-25(21-11-6-3-7-12-21,22-13-8-14-23(26)28-22)30-17-15-29(16-18-30)24(31)27-19-20-9-4-2-5-10-20/h2-14H,15-19H2,1H3,(H2,26,28)(H,27,31). The molecular weight excluding hydrogens is 386 g/mol. The lowest BCUT2D eigenvalue weighted by Crippen LogP contribution is -2.57. The summed E-state index contributed by atoms with van der Waals surface area (Å²) in [6.07, 6.45) is 0. The molecule has 1 aromatic heterocycles. The van der Waals surface area contributed by atoms with E-state index in [0.29, 0.717) is 25.5 Å². The van der Waals surface area contributed by atoms with Gasteiger partial charge in [0.1, 0.15) is 5.82 Å². The number of benzene rings is 2. The predicted molar refractivity (Wildman–Crippen MR) is 123 cm³/mol. The molecule has 1 unspecified atom stereocenters. The average molecular weight is 416 g/mol. The highest BCUT2D eigenvalue weighted by Gasteiger charge is 2.39. The highest BCUT2D eigenvalue weighted by atomic mass is 16.2. The number of nitrogens with one attached hydrogen (secondary N) is 1. The minimum atomic E-state index is -0.427. The smallest absolute Gasteiger partial charge is 0.317 e. The first-order valence-corrected chi connectivity index (χ1v) is 10.7. The number of urea groups is 1. The van der Waals surface area contributed by atoms with Crippen LogP contribution in [0.15, 0.2) is 78.9 Å². The number of carbonyl (C=O) groups is 1. The van der Waals surface area contributed by atoms with Crippen molar-refractivity contribution < 1.29 is 4.79 Å². The molecule has 6 heteroatoms. The number of aromatic nitrogens is 1. The topological polar surface area (TPSA) is 74.5 Å². The van der Waals surface area contributed by atoms with Gasteiger partial charge in [-0.1, -0.05) is 66.7 Å². The normalized spacial score (nSPS) is 16.5. The third-order valence-electron chi connectivity index (χ3n) is 6.09. The molecule has 2 heterocycles. The zero-order chi connectivity index (χ0) is 21.7. The summed E-state index contributed by atoms with van der Waals surface area (Å²) in [5, 5.41) is 3.03. The second-order valence-corrected chi connectivity index (χ2v) is 8.00. The first-order chi connectivity index (χ1) is 15.1. The number of rotatable bonds is 5. The first kappa shape index (κ1) is 20.9. The molecule has 4 rings (SSSR count). The minimum absolute atomic E-state index is 0.0213. The van der Waals surface area contributed by atoms with E-state index in [-0.39, 0.29) is 6.03 Å². The van der Waals surface area contributed by atoms with E-state index in [1.807, 2.05) is 71.6 Å². The van der Waals surface area contributed by atoms with Crippen molar-refractivity contribution in [2.24, 2.45) is 0 Å². The van der Waals surface area contributed by atoms with Crippen LogP contribution >= 0.6 is 0 Å². The number of hydrogen-bond donors (Lipinski definition) is 2. The Morgan fingerprint density at radius 3 is 2.23 bits per heavy atom. The van der Waals surface area contributed by atoms with Crippen LogP contribution in [0.3, 0.4) is 0 Å². The predicted octanol–water partition coefficient (Wildman–Crippen LogP) is 3.45. The van der Waals surface area contributed by atoms with Gasteiger partial charge in [0.25, 0.3) is 0 Å². The number of piperazine rings is 1. The zero-order valence-electron chi connectivity index (χ0n) is 17.9. The Kier molecular flexibility index (Phi) is 6.18. The van der Waals surface area contributed by atoms with Crippen molar-refractivity contribution in [3.05, 3.63) is 95.7 Å². The van der Waals surface area contributed by atoms with E-state index < -0.39 is 5.54 Å². The summed E-state index contributed by atoms with van der Waals surface area (Å²) in [5.41, 5.74) is 8.76. The summed E-state index contributed by atoms with van der Waals surface area (Å²) in [5.74, 6) is 0.513. The van der Waals surface area contributed by atoms with E-state index in [0.717, 1.165) is 29.9 Å². The third kappa shape index (κ3) is 4.54. The van der Waals surface area contributed by atoms with Crippen LogP contribution in [0.1, 0.15) is 23.7 Å². The molecule has 0 bridgehead atoms. The Bertz CT molecular complexity index is 1000. The molecule has 1 atom stereocenters. The molecule has 3 N–H and O–H groups in total. The maximum atomic E-state index is 12.7. The number of nitrogens with zero attached hydrogens (tertiary/aromatic N) is 3. The van der Waals surface area contributed by atoms with Crippen LogP contribution in [0.2, 0.25) is 0 Å². The molecule has 31 heavy (non-hydrogen) atoms. The number of carbonyl (C=O) groups excluding carboxylic acids is 1. The van der Waals surface area contributed by atoms with Crippen LogP contribution in [-0.2, 0) is 12.1 Å². The molecule has 1 saturated heterocycles. The fraction of sp³-hybridized carbons (Fsp3) is 0.280. The van der Waals surface area contributed by atoms with Crippen LogP contribution in [0, 0.1) is 0 Å². The van der Waals surface area contributed by atoms with Gasteiger partial charge in [-0.2, -0.15) is 0 Å². The van der Waals surface area contributed by atoms with Gasteiger partial charge in [-0.25, -0.2) is 9.78 Å². The van der Waals surface area contributed by atoms with E-state index >= 15 is 0 Å². The van der Waals surface area contributed by atoms with Crippen molar-refractivity contribution in [1.29, 1.82) is 0 Å². The quantitative estimate of drug-likeness (QED) is 0.669. The van der Waals surface area contributed by atoms with Gasteiger partial charge in [-0.05, 0) is 30.2 Å². The van der Waals surface area contributed by atoms with Crippen molar-refractivity contribution in [3.63, 3.8) is 0 Å². The fourth-order valence-corrected chi connectivity index (χ4v) is 4.22. The van der Waals surface area contributed by atoms with Gasteiger partial charge < -0.3 is 16.0 Å². The number of nitrogen functional groups attached to an aromatic ring is 1. The van der Waals surface area contributed by atoms with E-state index in [4.69, 9.17) is 5.73 Å². The van der Waals surface area contributed by atoms with E-state index in [9.17, 15) is 4.79 Å². The lowest BCUT2D eigenvalue weighted by Gasteiger charge is -2.46. The first-order valence-electron chi connectivity index (χ1n) is 10.7. The number of amides is 2. The molecule has 6 nitrogen and oxygen atoms in total. The second-order valence-electron chi connectivity index (χ2n) is 8.00. The molecular formula is C25H29N5O. The number of nitrogens with two attached hydrogens (primary N) is 1. The Morgan fingerprint density at radius 1 is 0.935 bits per heavy atom. The SMILES string of the molecule is CC(c1ccccc1)(c1cccc(N)n1)N1CCN(C(=O)NCc2ccccc2)CC1. The number of hydrogen-bond acceptors (Lipinski definition) is 4. The van der Waals surface area contributed by atoms with Crippen molar-refractivity contribution in [3.8, 4) is 0 Å². The van der Waals surface area contributed by atoms with Crippen LogP contribution in [0.4, 0.5) is 10.6 Å². The Labute approximate surface area is 183 Å². The maximum Gasteiger partial charge on any atom is 0.317 e. The Balaban J connectivity index is 1.47. The maximum absolute atomic E-state index is 12.7. The molecule has 0 spiro atoms. The second kappa shape index (κ2) is 9.18. The molecule has 3 aromatic rings. The van der Waals surface area contributed by atoms with Gasteiger partial charge in [-0.15, -0.1) is 0 Å². The summed E-state index contributed by atoms with van der Waals surface area (Å²) < 4.78 is 0. The van der Waals surface area contributed by atoms with Crippen LogP contribution in [-0.4, -0.2) is 47.0 Å². The highest BCUT2D eigenvalue weighted by molar-refractivity contribution is 5.74. The molecule has 0 radical (unpaired) electrons. The molecule has 2 amide bonds. The Hall–Kier alpha value is -3.38. The zero-order valence-corrected chi connectivity index (χ0v) is 17.9. The van der Waals surface area contributed by atoms with E-state index in [1.165, 1.54) is 0 Å². The lowest BCUT2D eigenvalue weighted by atomic mass is 9.85. The number of pyridine rings is 1. The third-order valence-corrected chi connectivity index (χ3v) is 6.09. The summed E-state index contributed by atoms with van der Waals surface area (Å²) in [6, 6.07) is 26.1. The molecule has 1 aliphatic rings. The largest absolute Gasteiger partial charge is 0.384 e. The molecule has 160 valence electrons. The monoisotopic (exact) mass is 415 g/mol. The van der Waals surface area contributed by atoms with Gasteiger partial charge in [0.15, 0.2) is 0 Å². The summed E-state index contributed by atoms with van der Waals surface area (Å²) in [7, 11) is 0. The van der Waals surface area contributed by atoms with Gasteiger partial charge in [-0.3, -0.25) is 4.90 Å². The summed E-state index contributed by atoms with van der Waals surface area (Å²) in [4.78, 5) is 21.6. The van der Waals surface area contributed by atoms with Crippen molar-refractivity contribution in [1.82, 2.24) is 20.1 Å². The fourth-order valence-electron chi connectivity index (χ4n) is 4.22. The van der Waals surface area contributed by atoms with E-state index in [1.54, 1.807) is 0 Å². The van der Waals surface area contributed by atoms with Gasteiger partial charge in [0.2, 0.25) is 0 Å².